The van der Waals surface area contributed by atoms with Gasteiger partial charge >= 0.3 is 7.82 Å². The topological polar surface area (TPSA) is 128 Å². The fraction of sp³-hybridized carbons (Fsp3) is 0.944. The minimum Gasteiger partial charge on any atom is -0.368 e. The van der Waals surface area contributed by atoms with E-state index >= 15 is 0 Å². The van der Waals surface area contributed by atoms with Gasteiger partial charge in [0.1, 0.15) is 6.61 Å². The summed E-state index contributed by atoms with van der Waals surface area (Å²) in [7, 11) is -4.39. The van der Waals surface area contributed by atoms with Gasteiger partial charge in [-0.25, -0.2) is 4.57 Å². The maximum absolute atomic E-state index is 13.0. The van der Waals surface area contributed by atoms with Crippen LogP contribution in [0.1, 0.15) is 206 Å². The van der Waals surface area contributed by atoms with Crippen LogP contribution in [0.3, 0.4) is 0 Å². The van der Waals surface area contributed by atoms with Crippen molar-refractivity contribution in [2.45, 2.75) is 206 Å². The van der Waals surface area contributed by atoms with Crippen LogP contribution in [0.25, 0.3) is 0 Å². The van der Waals surface area contributed by atoms with E-state index in [4.69, 9.17) is 19.4 Å². The monoisotopic (exact) mass is 677 g/mol. The van der Waals surface area contributed by atoms with Crippen LogP contribution >= 0.6 is 7.82 Å². The molecule has 0 rings (SSSR count). The molecule has 0 saturated heterocycles. The first-order chi connectivity index (χ1) is 22.3. The highest BCUT2D eigenvalue weighted by Gasteiger charge is 2.33. The van der Waals surface area contributed by atoms with E-state index in [1.54, 1.807) is 0 Å². The number of nitrogens with zero attached hydrogens (tertiary/aromatic N) is 1. The van der Waals surface area contributed by atoms with Gasteiger partial charge in [-0.15, -0.1) is 4.62 Å². The molecule has 0 fully saturated rings. The van der Waals surface area contributed by atoms with Crippen LogP contribution < -0.4 is 5.73 Å². The zero-order valence-electron chi connectivity index (χ0n) is 30.0. The van der Waals surface area contributed by atoms with Crippen LogP contribution in [0.5, 0.6) is 0 Å². The van der Waals surface area contributed by atoms with E-state index in [0.717, 1.165) is 38.5 Å². The van der Waals surface area contributed by atoms with Crippen LogP contribution in [0.4, 0.5) is 0 Å². The summed E-state index contributed by atoms with van der Waals surface area (Å²) < 4.78 is 28.1. The Morgan fingerprint density at radius 2 is 0.870 bits per heavy atom. The molecule has 2 amide bonds. The second-order valence-electron chi connectivity index (χ2n) is 13.1. The zero-order chi connectivity index (χ0) is 34.0. The van der Waals surface area contributed by atoms with E-state index in [-0.39, 0.29) is 18.3 Å². The largest absolute Gasteiger partial charge is 0.499 e. The van der Waals surface area contributed by atoms with E-state index < -0.39 is 26.2 Å². The number of carbonyl (C=O) groups is 2. The second kappa shape index (κ2) is 33.9. The Hall–Kier alpha value is -0.990. The van der Waals surface area contributed by atoms with Crippen molar-refractivity contribution < 1.29 is 33.0 Å². The van der Waals surface area contributed by atoms with E-state index in [2.05, 4.69) is 13.8 Å². The Kier molecular flexibility index (Phi) is 33.2. The van der Waals surface area contributed by atoms with Crippen molar-refractivity contribution in [2.24, 2.45) is 5.73 Å². The number of rotatable bonds is 37. The van der Waals surface area contributed by atoms with Crippen molar-refractivity contribution >= 4 is 19.6 Å². The third-order valence-corrected chi connectivity index (χ3v) is 9.80. The van der Waals surface area contributed by atoms with E-state index in [1.807, 2.05) is 0 Å². The summed E-state index contributed by atoms with van der Waals surface area (Å²) in [5, 5.41) is 9.99. The molecule has 10 heteroatoms. The fourth-order valence-corrected chi connectivity index (χ4v) is 6.67. The van der Waals surface area contributed by atoms with Gasteiger partial charge in [0.2, 0.25) is 5.91 Å². The number of hydrogen-bond donors (Lipinski definition) is 2. The predicted molar refractivity (Wildman–Crippen MR) is 188 cm³/mol. The molecule has 46 heavy (non-hydrogen) atoms. The summed E-state index contributed by atoms with van der Waals surface area (Å²) in [6, 6.07) is 0. The number of carbonyl (C=O) groups excluding carboxylic acids is 2. The molecule has 0 bridgehead atoms. The molecule has 274 valence electrons. The van der Waals surface area contributed by atoms with Crippen LogP contribution in [-0.2, 0) is 27.8 Å². The molecular weight excluding hydrogens is 603 g/mol. The van der Waals surface area contributed by atoms with Crippen molar-refractivity contribution in [3.63, 3.8) is 0 Å². The Labute approximate surface area is 283 Å². The van der Waals surface area contributed by atoms with Gasteiger partial charge in [-0.1, -0.05) is 192 Å². The Morgan fingerprint density at radius 1 is 0.543 bits per heavy atom. The highest BCUT2D eigenvalue weighted by Crippen LogP contribution is 2.50. The number of hydrogen-bond acceptors (Lipinski definition) is 7. The average Bonchev–Trinajstić information content (AvgIpc) is 3.03. The van der Waals surface area contributed by atoms with E-state index in [9.17, 15) is 19.4 Å². The van der Waals surface area contributed by atoms with Gasteiger partial charge in [-0.3, -0.25) is 23.8 Å². The Bertz CT molecular complexity index is 741. The van der Waals surface area contributed by atoms with Crippen molar-refractivity contribution in [3.05, 3.63) is 0 Å². The van der Waals surface area contributed by atoms with Gasteiger partial charge in [0.05, 0.1) is 6.61 Å². The van der Waals surface area contributed by atoms with Crippen molar-refractivity contribution in [1.29, 1.82) is 0 Å². The first-order valence-corrected chi connectivity index (χ1v) is 20.7. The van der Waals surface area contributed by atoms with Gasteiger partial charge < -0.3 is 5.73 Å². The average molecular weight is 677 g/mol. The molecule has 1 atom stereocenters. The summed E-state index contributed by atoms with van der Waals surface area (Å²) in [5.74, 6) is -1.60. The highest BCUT2D eigenvalue weighted by molar-refractivity contribution is 7.48. The predicted octanol–water partition coefficient (Wildman–Crippen LogP) is 11.5. The Morgan fingerprint density at radius 3 is 1.22 bits per heavy atom. The molecule has 0 aromatic heterocycles. The van der Waals surface area contributed by atoms with E-state index in [0.29, 0.717) is 12.8 Å². The van der Waals surface area contributed by atoms with Gasteiger partial charge in [-0.2, -0.15) is 0 Å². The van der Waals surface area contributed by atoms with E-state index in [1.165, 1.54) is 135 Å². The summed E-state index contributed by atoms with van der Waals surface area (Å²) >= 11 is 0. The summed E-state index contributed by atoms with van der Waals surface area (Å²) in [5.41, 5.74) is 5.11. The molecule has 0 spiro atoms. The smallest absolute Gasteiger partial charge is 0.368 e. The summed E-state index contributed by atoms with van der Waals surface area (Å²) in [6.07, 6.45) is 35.1. The maximum Gasteiger partial charge on any atom is 0.499 e. The standard InChI is InChI=1S/C36H73N2O7P/c1-3-5-7-9-11-13-15-17-18-19-21-23-25-27-29-31-33-43-46(42,44-34-35(37)39)45-38(41)36(40)32-30-28-26-24-22-20-16-14-12-10-8-6-4-2/h41H,3-34H2,1-2H3,(H2,37,39). The molecule has 3 N–H and O–H groups in total. The van der Waals surface area contributed by atoms with Crippen LogP contribution in [-0.4, -0.2) is 35.5 Å². The number of amides is 2. The SMILES string of the molecule is CCCCCCCCCCCCCCCCCCOP(=O)(OCC(N)=O)ON(O)C(=O)CCCCCCCCCCCCCCC. The molecule has 0 aromatic rings. The lowest BCUT2D eigenvalue weighted by Crippen LogP contribution is -2.28. The minimum atomic E-state index is -4.39. The van der Waals surface area contributed by atoms with Gasteiger partial charge in [-0.05, 0) is 12.8 Å². The number of hydroxylamine groups is 2. The minimum absolute atomic E-state index is 0.0448. The number of phosphoric acid groups is 1. The normalized spacial score (nSPS) is 12.8. The lowest BCUT2D eigenvalue weighted by atomic mass is 10.0. The molecule has 0 aromatic carbocycles. The quantitative estimate of drug-likeness (QED) is 0.0290. The molecule has 0 radical (unpaired) electrons. The lowest BCUT2D eigenvalue weighted by Gasteiger charge is -2.21. The molecule has 0 saturated carbocycles. The number of nitrogens with two attached hydrogens (primary N) is 1. The maximum atomic E-state index is 13.0. The third-order valence-electron chi connectivity index (χ3n) is 8.50. The Balaban J connectivity index is 3.95. The number of unbranched alkanes of at least 4 members (excludes halogenated alkanes) is 27. The molecule has 0 aliphatic heterocycles. The molecule has 0 aliphatic carbocycles. The highest BCUT2D eigenvalue weighted by atomic mass is 31.2. The molecule has 9 nitrogen and oxygen atoms in total. The van der Waals surface area contributed by atoms with Gasteiger partial charge in [0.25, 0.3) is 5.91 Å². The molecule has 0 aliphatic rings. The molecular formula is C36H73N2O7P. The fourth-order valence-electron chi connectivity index (χ4n) is 5.58. The first kappa shape index (κ1) is 45.0. The van der Waals surface area contributed by atoms with Crippen LogP contribution in [0.15, 0.2) is 0 Å². The number of primary amides is 1. The van der Waals surface area contributed by atoms with Crippen molar-refractivity contribution in [2.75, 3.05) is 13.2 Å². The molecule has 0 heterocycles. The van der Waals surface area contributed by atoms with Crippen LogP contribution in [0, 0.1) is 0 Å². The second-order valence-corrected chi connectivity index (χ2v) is 14.6. The third kappa shape index (κ3) is 31.6. The summed E-state index contributed by atoms with van der Waals surface area (Å²) in [6.45, 7) is 3.84. The van der Waals surface area contributed by atoms with Crippen molar-refractivity contribution in [3.8, 4) is 0 Å². The summed E-state index contributed by atoms with van der Waals surface area (Å²) in [4.78, 5) is 23.5. The lowest BCUT2D eigenvalue weighted by molar-refractivity contribution is -0.274. The first-order valence-electron chi connectivity index (χ1n) is 19.2. The van der Waals surface area contributed by atoms with Gasteiger partial charge in [0.15, 0.2) is 0 Å². The van der Waals surface area contributed by atoms with Crippen LogP contribution in [0.2, 0.25) is 0 Å². The zero-order valence-corrected chi connectivity index (χ0v) is 30.9. The van der Waals surface area contributed by atoms with Gasteiger partial charge in [0, 0.05) is 6.42 Å². The van der Waals surface area contributed by atoms with Crippen molar-refractivity contribution in [1.82, 2.24) is 5.23 Å². The molecule has 1 unspecified atom stereocenters. The number of phosphoric ester groups is 1.